The van der Waals surface area contributed by atoms with Gasteiger partial charge in [0.1, 0.15) is 21.6 Å². The van der Waals surface area contributed by atoms with Gasteiger partial charge in [-0.1, -0.05) is 24.0 Å². The van der Waals surface area contributed by atoms with E-state index in [-0.39, 0.29) is 24.6 Å². The Morgan fingerprint density at radius 1 is 1.32 bits per heavy atom. The highest BCUT2D eigenvalue weighted by molar-refractivity contribution is 8.26. The number of carboxylic acid groups (broad SMARTS) is 1. The number of ether oxygens (including phenoxy) is 2. The number of hydrogen-bond donors (Lipinski definition) is 2. The van der Waals surface area contributed by atoms with Crippen molar-refractivity contribution in [3.8, 4) is 17.2 Å². The van der Waals surface area contributed by atoms with Gasteiger partial charge >= 0.3 is 5.97 Å². The first-order valence-corrected chi connectivity index (χ1v) is 8.52. The lowest BCUT2D eigenvalue weighted by atomic mass is 10.1. The van der Waals surface area contributed by atoms with Crippen LogP contribution in [0.15, 0.2) is 17.0 Å². The fourth-order valence-corrected chi connectivity index (χ4v) is 3.57. The Kier molecular flexibility index (Phi) is 6.27. The van der Waals surface area contributed by atoms with Crippen LogP contribution in [0.4, 0.5) is 0 Å². The molecule has 0 bridgehead atoms. The summed E-state index contributed by atoms with van der Waals surface area (Å²) < 4.78 is 10.9. The van der Waals surface area contributed by atoms with E-state index in [0.717, 1.165) is 11.8 Å². The molecule has 0 unspecified atom stereocenters. The Morgan fingerprint density at radius 2 is 1.92 bits per heavy atom. The van der Waals surface area contributed by atoms with Gasteiger partial charge in [0.05, 0.1) is 24.7 Å². The predicted molar refractivity (Wildman–Crippen MR) is 98.0 cm³/mol. The van der Waals surface area contributed by atoms with Crippen molar-refractivity contribution < 1.29 is 29.3 Å². The maximum absolute atomic E-state index is 12.5. The summed E-state index contributed by atoms with van der Waals surface area (Å²) in [4.78, 5) is 24.9. The number of rotatable bonds is 7. The van der Waals surface area contributed by atoms with Crippen LogP contribution >= 0.6 is 24.0 Å². The largest absolute Gasteiger partial charge is 0.508 e. The van der Waals surface area contributed by atoms with Crippen LogP contribution in [0.5, 0.6) is 17.2 Å². The molecule has 0 aromatic heterocycles. The molecule has 0 atom stereocenters. The molecule has 0 radical (unpaired) electrons. The van der Waals surface area contributed by atoms with Gasteiger partial charge in [-0.2, -0.15) is 0 Å². The molecule has 0 saturated carbocycles. The number of carbonyl (C=O) groups is 2. The summed E-state index contributed by atoms with van der Waals surface area (Å²) in [5.41, 5.74) is 0.508. The first-order valence-electron chi connectivity index (χ1n) is 7.29. The Balaban J connectivity index is 2.29. The minimum Gasteiger partial charge on any atom is -0.508 e. The van der Waals surface area contributed by atoms with E-state index in [1.807, 2.05) is 0 Å². The lowest BCUT2D eigenvalue weighted by molar-refractivity contribution is -0.137. The smallest absolute Gasteiger partial charge is 0.303 e. The fraction of sp³-hybridized carbons (Fsp3) is 0.312. The lowest BCUT2D eigenvalue weighted by Gasteiger charge is -2.13. The van der Waals surface area contributed by atoms with Gasteiger partial charge in [-0.15, -0.1) is 0 Å². The molecule has 1 saturated heterocycles. The van der Waals surface area contributed by atoms with Crippen LogP contribution in [-0.2, 0) is 9.59 Å². The van der Waals surface area contributed by atoms with Crippen LogP contribution in [0.1, 0.15) is 18.4 Å². The summed E-state index contributed by atoms with van der Waals surface area (Å²) in [5, 5.41) is 18.4. The number of thiocarbonyl (C=S) groups is 1. The van der Waals surface area contributed by atoms with Gasteiger partial charge in [0, 0.05) is 25.1 Å². The van der Waals surface area contributed by atoms with Gasteiger partial charge in [0.25, 0.3) is 5.91 Å². The van der Waals surface area contributed by atoms with Crippen LogP contribution in [0.25, 0.3) is 6.08 Å². The number of aliphatic carboxylic acids is 1. The second-order valence-corrected chi connectivity index (χ2v) is 6.77. The quantitative estimate of drug-likeness (QED) is 0.548. The summed E-state index contributed by atoms with van der Waals surface area (Å²) in [6.45, 7) is 0.248. The van der Waals surface area contributed by atoms with E-state index in [2.05, 4.69) is 0 Å². The molecule has 1 fully saturated rings. The second-order valence-electron chi connectivity index (χ2n) is 5.09. The van der Waals surface area contributed by atoms with Crippen molar-refractivity contribution >= 4 is 46.3 Å². The molecule has 1 amide bonds. The second kappa shape index (κ2) is 8.21. The van der Waals surface area contributed by atoms with Gasteiger partial charge in [0.2, 0.25) is 0 Å². The first kappa shape index (κ1) is 19.1. The monoisotopic (exact) mass is 383 g/mol. The lowest BCUT2D eigenvalue weighted by Crippen LogP contribution is -2.29. The highest BCUT2D eigenvalue weighted by atomic mass is 32.2. The molecule has 134 valence electrons. The van der Waals surface area contributed by atoms with Crippen molar-refractivity contribution in [3.05, 3.63) is 22.6 Å². The normalized spacial score (nSPS) is 15.8. The van der Waals surface area contributed by atoms with Crippen LogP contribution in [0.2, 0.25) is 0 Å². The van der Waals surface area contributed by atoms with E-state index in [1.165, 1.54) is 31.3 Å². The molecule has 2 N–H and O–H groups in total. The summed E-state index contributed by atoms with van der Waals surface area (Å²) in [7, 11) is 2.89. The number of methoxy groups -OCH3 is 2. The fourth-order valence-electron chi connectivity index (χ4n) is 2.28. The van der Waals surface area contributed by atoms with Crippen LogP contribution < -0.4 is 9.47 Å². The van der Waals surface area contributed by atoms with Crippen LogP contribution in [0.3, 0.4) is 0 Å². The molecule has 2 rings (SSSR count). The van der Waals surface area contributed by atoms with E-state index in [0.29, 0.717) is 32.7 Å². The Bertz CT molecular complexity index is 721. The first-order chi connectivity index (χ1) is 11.9. The molecule has 7 nitrogen and oxygen atoms in total. The van der Waals surface area contributed by atoms with Crippen molar-refractivity contribution in [2.24, 2.45) is 0 Å². The van der Waals surface area contributed by atoms with E-state index < -0.39 is 5.97 Å². The molecule has 1 heterocycles. The Labute approximate surface area is 154 Å². The molecule has 1 aromatic rings. The number of aromatic hydroxyl groups is 1. The number of thioether (sulfide) groups is 1. The number of phenolic OH excluding ortho intramolecular Hbond substituents is 1. The minimum atomic E-state index is -0.917. The number of carbonyl (C=O) groups excluding carboxylic acids is 1. The third-order valence-corrected chi connectivity index (χ3v) is 4.83. The molecule has 1 aliphatic heterocycles. The van der Waals surface area contributed by atoms with Gasteiger partial charge < -0.3 is 19.7 Å². The van der Waals surface area contributed by atoms with Gasteiger partial charge in [-0.25, -0.2) is 0 Å². The van der Waals surface area contributed by atoms with Crippen LogP contribution in [-0.4, -0.2) is 52.1 Å². The number of nitrogens with zero attached hydrogens (tertiary/aromatic N) is 1. The number of phenols is 1. The van der Waals surface area contributed by atoms with E-state index in [9.17, 15) is 14.7 Å². The molecule has 1 aromatic carbocycles. The number of amides is 1. The topological polar surface area (TPSA) is 96.3 Å². The van der Waals surface area contributed by atoms with Crippen molar-refractivity contribution in [2.75, 3.05) is 20.8 Å². The van der Waals surface area contributed by atoms with Crippen LogP contribution in [0, 0.1) is 0 Å². The summed E-state index contributed by atoms with van der Waals surface area (Å²) >= 11 is 6.34. The molecule has 9 heteroatoms. The zero-order chi connectivity index (χ0) is 18.6. The summed E-state index contributed by atoms with van der Waals surface area (Å²) in [5.74, 6) is -0.523. The average molecular weight is 383 g/mol. The maximum Gasteiger partial charge on any atom is 0.303 e. The van der Waals surface area contributed by atoms with E-state index >= 15 is 0 Å². The summed E-state index contributed by atoms with van der Waals surface area (Å²) in [6.07, 6.45) is 1.88. The van der Waals surface area contributed by atoms with E-state index in [4.69, 9.17) is 26.8 Å². The maximum atomic E-state index is 12.5. The van der Waals surface area contributed by atoms with Crippen molar-refractivity contribution in [1.82, 2.24) is 4.90 Å². The zero-order valence-corrected chi connectivity index (χ0v) is 15.3. The minimum absolute atomic E-state index is 0.0212. The van der Waals surface area contributed by atoms with Crippen molar-refractivity contribution in [3.63, 3.8) is 0 Å². The van der Waals surface area contributed by atoms with E-state index in [1.54, 1.807) is 6.08 Å². The predicted octanol–water partition coefficient (Wildman–Crippen LogP) is 2.48. The van der Waals surface area contributed by atoms with Gasteiger partial charge in [-0.05, 0) is 12.5 Å². The molecule has 25 heavy (non-hydrogen) atoms. The summed E-state index contributed by atoms with van der Waals surface area (Å²) in [6, 6.07) is 2.84. The number of carboxylic acids is 1. The zero-order valence-electron chi connectivity index (χ0n) is 13.6. The van der Waals surface area contributed by atoms with Gasteiger partial charge in [0.15, 0.2) is 0 Å². The Hall–Kier alpha value is -2.26. The Morgan fingerprint density at radius 3 is 2.44 bits per heavy atom. The standard InChI is InChI=1S/C16H17NO6S2/c1-22-11-6-9(18)7-12(23-2)10(11)8-13-15(21)17(16(24)25-13)5-3-4-14(19)20/h6-8,18H,3-5H2,1-2H3,(H,19,20). The van der Waals surface area contributed by atoms with Gasteiger partial charge in [-0.3, -0.25) is 14.5 Å². The SMILES string of the molecule is COc1cc(O)cc(OC)c1C=C1SC(=S)N(CCCC(=O)O)C1=O. The third-order valence-electron chi connectivity index (χ3n) is 3.45. The van der Waals surface area contributed by atoms with Crippen molar-refractivity contribution in [1.29, 1.82) is 0 Å². The highest BCUT2D eigenvalue weighted by Gasteiger charge is 2.32. The number of hydrogen-bond acceptors (Lipinski definition) is 7. The molecule has 0 aliphatic carbocycles. The molecule has 1 aliphatic rings. The highest BCUT2D eigenvalue weighted by Crippen LogP contribution is 2.39. The average Bonchev–Trinajstić information content (AvgIpc) is 2.83. The molecule has 0 spiro atoms. The number of benzene rings is 1. The molecular weight excluding hydrogens is 366 g/mol. The molecular formula is C16H17NO6S2. The van der Waals surface area contributed by atoms with Crippen molar-refractivity contribution in [2.45, 2.75) is 12.8 Å². The third kappa shape index (κ3) is 4.43.